The van der Waals surface area contributed by atoms with Gasteiger partial charge in [0.2, 0.25) is 0 Å². The van der Waals surface area contributed by atoms with E-state index in [1.165, 1.54) is 17.0 Å². The minimum Gasteiger partial charge on any atom is -0.508 e. The predicted molar refractivity (Wildman–Crippen MR) is 262 cm³/mol. The SMILES string of the molecule is Cn1cc(-c2cc(C(C)(C)O)ccc2Oc2ccc(N3CCC4(CCN(CCOc5ccc(C(=O)c6c(-c7ccc(O)cc7)sc7cc(O)ccc67)cc5)CC4)C3)cc2)c2cc[nH]c2c1=O. The van der Waals surface area contributed by atoms with E-state index in [0.29, 0.717) is 40.5 Å². The Balaban J connectivity index is 0.739. The van der Waals surface area contributed by atoms with Crippen molar-refractivity contribution in [2.24, 2.45) is 12.5 Å². The Morgan fingerprint density at radius 1 is 0.803 bits per heavy atom. The van der Waals surface area contributed by atoms with Crippen LogP contribution in [0, 0.1) is 5.41 Å². The predicted octanol–water partition coefficient (Wildman–Crippen LogP) is 10.4. The van der Waals surface area contributed by atoms with E-state index in [9.17, 15) is 24.9 Å². The monoisotopic (exact) mass is 900 g/mol. The highest BCUT2D eigenvalue weighted by molar-refractivity contribution is 7.22. The second kappa shape index (κ2) is 17.2. The van der Waals surface area contributed by atoms with E-state index in [1.807, 2.05) is 66.9 Å². The van der Waals surface area contributed by atoms with Gasteiger partial charge in [0.1, 0.15) is 40.9 Å². The number of aliphatic hydroxyl groups is 1. The van der Waals surface area contributed by atoms with Gasteiger partial charge in [-0.25, -0.2) is 0 Å². The number of hydrogen-bond donors (Lipinski definition) is 4. The van der Waals surface area contributed by atoms with Gasteiger partial charge in [-0.1, -0.05) is 6.07 Å². The summed E-state index contributed by atoms with van der Waals surface area (Å²) in [5.41, 5.74) is 5.12. The molecule has 1 spiro atoms. The van der Waals surface area contributed by atoms with Crippen LogP contribution < -0.4 is 19.9 Å². The van der Waals surface area contributed by atoms with E-state index in [2.05, 4.69) is 26.9 Å². The van der Waals surface area contributed by atoms with Crippen LogP contribution in [0.4, 0.5) is 5.69 Å². The normalized spacial score (nSPS) is 15.2. The molecule has 0 unspecified atom stereocenters. The highest BCUT2D eigenvalue weighted by Crippen LogP contribution is 2.44. The van der Waals surface area contributed by atoms with Crippen molar-refractivity contribution in [1.29, 1.82) is 0 Å². The van der Waals surface area contributed by atoms with Crippen molar-refractivity contribution >= 4 is 43.8 Å². The summed E-state index contributed by atoms with van der Waals surface area (Å²) >= 11 is 1.44. The lowest BCUT2D eigenvalue weighted by atomic mass is 9.78. The molecule has 12 heteroatoms. The van der Waals surface area contributed by atoms with Crippen LogP contribution in [0.5, 0.6) is 28.7 Å². The van der Waals surface area contributed by atoms with Crippen molar-refractivity contribution in [1.82, 2.24) is 14.5 Å². The van der Waals surface area contributed by atoms with Crippen LogP contribution in [-0.2, 0) is 12.6 Å². The average Bonchev–Trinajstić information content (AvgIpc) is 4.07. The number of aromatic nitrogens is 2. The van der Waals surface area contributed by atoms with E-state index in [4.69, 9.17) is 9.47 Å². The Morgan fingerprint density at radius 2 is 1.52 bits per heavy atom. The third-order valence-corrected chi connectivity index (χ3v) is 14.7. The van der Waals surface area contributed by atoms with Crippen LogP contribution in [0.3, 0.4) is 0 Å². The topological polar surface area (TPSA) is 140 Å². The van der Waals surface area contributed by atoms with Gasteiger partial charge in [-0.05, 0) is 172 Å². The highest BCUT2D eigenvalue weighted by atomic mass is 32.1. The van der Waals surface area contributed by atoms with Crippen molar-refractivity contribution in [3.05, 3.63) is 155 Å². The van der Waals surface area contributed by atoms with Crippen molar-refractivity contribution in [2.75, 3.05) is 44.2 Å². The molecular formula is C54H52N4O7S. The number of nitrogens with zero attached hydrogens (tertiary/aromatic N) is 3. The number of thiophene rings is 1. The van der Waals surface area contributed by atoms with Gasteiger partial charge in [-0.2, -0.15) is 0 Å². The zero-order chi connectivity index (χ0) is 45.7. The number of pyridine rings is 1. The highest BCUT2D eigenvalue weighted by Gasteiger charge is 2.40. The average molecular weight is 901 g/mol. The number of likely N-dealkylation sites (tertiary alicyclic amines) is 1. The summed E-state index contributed by atoms with van der Waals surface area (Å²) in [4.78, 5) is 35.7. The zero-order valence-electron chi connectivity index (χ0n) is 37.2. The van der Waals surface area contributed by atoms with Gasteiger partial charge in [0.15, 0.2) is 5.78 Å². The zero-order valence-corrected chi connectivity index (χ0v) is 38.0. The Bertz CT molecular complexity index is 3140. The van der Waals surface area contributed by atoms with Crippen molar-refractivity contribution in [3.63, 3.8) is 0 Å². The number of ether oxygens (including phenoxy) is 2. The molecule has 5 heterocycles. The first-order valence-corrected chi connectivity index (χ1v) is 23.2. The third-order valence-electron chi connectivity index (χ3n) is 13.5. The fourth-order valence-electron chi connectivity index (χ4n) is 9.63. The van der Waals surface area contributed by atoms with Gasteiger partial charge in [0.25, 0.3) is 5.56 Å². The Kier molecular flexibility index (Phi) is 11.2. The molecule has 5 aromatic carbocycles. The number of nitrogens with one attached hydrogen (secondary N) is 1. The van der Waals surface area contributed by atoms with E-state index in [0.717, 1.165) is 94.6 Å². The molecule has 0 bridgehead atoms. The lowest BCUT2D eigenvalue weighted by Crippen LogP contribution is -2.43. The van der Waals surface area contributed by atoms with Gasteiger partial charge in [0.05, 0.1) is 5.60 Å². The number of carbonyl (C=O) groups excluding carboxylic acids is 1. The number of aryl methyl sites for hydroxylation is 1. The molecule has 0 atom stereocenters. The van der Waals surface area contributed by atoms with Crippen LogP contribution in [-0.4, -0.2) is 74.9 Å². The number of anilines is 1. The number of hydrogen-bond acceptors (Lipinski definition) is 10. The number of rotatable bonds is 12. The molecule has 8 aromatic rings. The molecule has 0 saturated carbocycles. The maximum atomic E-state index is 14.0. The lowest BCUT2D eigenvalue weighted by molar-refractivity contribution is 0.0786. The molecule has 3 aromatic heterocycles. The van der Waals surface area contributed by atoms with Crippen LogP contribution >= 0.6 is 11.3 Å². The van der Waals surface area contributed by atoms with Crippen molar-refractivity contribution in [3.8, 4) is 50.3 Å². The number of piperidine rings is 1. The molecule has 0 radical (unpaired) electrons. The largest absolute Gasteiger partial charge is 0.508 e. The molecule has 4 N–H and O–H groups in total. The maximum Gasteiger partial charge on any atom is 0.274 e. The molecular weight excluding hydrogens is 849 g/mol. The molecule has 0 amide bonds. The smallest absolute Gasteiger partial charge is 0.274 e. The summed E-state index contributed by atoms with van der Waals surface area (Å²) in [6, 6.07) is 35.1. The second-order valence-corrected chi connectivity index (χ2v) is 19.4. The quantitative estimate of drug-likeness (QED) is 0.0882. The van der Waals surface area contributed by atoms with Crippen LogP contribution in [0.15, 0.2) is 132 Å². The summed E-state index contributed by atoms with van der Waals surface area (Å²) in [7, 11) is 1.74. The second-order valence-electron chi connectivity index (χ2n) is 18.3. The van der Waals surface area contributed by atoms with E-state index in [1.54, 1.807) is 74.1 Å². The molecule has 2 aliphatic heterocycles. The summed E-state index contributed by atoms with van der Waals surface area (Å²) < 4.78 is 15.1. The van der Waals surface area contributed by atoms with Gasteiger partial charge in [-0.15, -0.1) is 11.3 Å². The van der Waals surface area contributed by atoms with Crippen molar-refractivity contribution in [2.45, 2.75) is 38.7 Å². The van der Waals surface area contributed by atoms with Crippen LogP contribution in [0.2, 0.25) is 0 Å². The molecule has 10 rings (SSSR count). The standard InChI is InChI=1S/C54H52N4O7S/c1-53(2,63)36-8-19-46(44(30-36)45-32-56(3)52(62)49-42(45)20-24-55-49)65-41-16-9-37(10-17-41)58-27-23-54(33-58)21-25-57(26-22-54)28-29-64-40-14-6-34(7-15-40)50(61)48-43-18-13-39(60)31-47(43)66-51(48)35-4-11-38(59)12-5-35/h4-20,24,30-32,55,59-60,63H,21-23,25-29,33H2,1-3H3. The van der Waals surface area contributed by atoms with Gasteiger partial charge >= 0.3 is 0 Å². The fourth-order valence-corrected chi connectivity index (χ4v) is 10.9. The maximum absolute atomic E-state index is 14.0. The minimum absolute atomic E-state index is 0.109. The van der Waals surface area contributed by atoms with E-state index >= 15 is 0 Å². The van der Waals surface area contributed by atoms with Gasteiger partial charge < -0.3 is 39.2 Å². The molecule has 2 fully saturated rings. The van der Waals surface area contributed by atoms with Crippen LogP contribution in [0.25, 0.3) is 42.6 Å². The van der Waals surface area contributed by atoms with Gasteiger partial charge in [-0.3, -0.25) is 14.5 Å². The Labute approximate surface area is 386 Å². The first-order chi connectivity index (χ1) is 31.8. The number of fused-ring (bicyclic) bond motifs is 2. The molecule has 2 saturated heterocycles. The summed E-state index contributed by atoms with van der Waals surface area (Å²) in [6.07, 6.45) is 7.02. The minimum atomic E-state index is -1.07. The van der Waals surface area contributed by atoms with Crippen molar-refractivity contribution < 1.29 is 29.6 Å². The first-order valence-electron chi connectivity index (χ1n) is 22.4. The number of phenols is 2. The van der Waals surface area contributed by atoms with E-state index < -0.39 is 5.60 Å². The third kappa shape index (κ3) is 8.43. The van der Waals surface area contributed by atoms with Gasteiger partial charge in [0, 0.05) is 87.4 Å². The van der Waals surface area contributed by atoms with Crippen LogP contribution in [0.1, 0.15) is 54.6 Å². The summed E-state index contributed by atoms with van der Waals surface area (Å²) in [5.74, 6) is 2.24. The number of carbonyl (C=O) groups is 1. The number of aromatic amines is 1. The Hall–Kier alpha value is -6.86. The Morgan fingerprint density at radius 3 is 2.26 bits per heavy atom. The fraction of sp³-hybridized carbons (Fsp3) is 0.259. The molecule has 66 heavy (non-hydrogen) atoms. The number of aromatic hydroxyl groups is 2. The summed E-state index contributed by atoms with van der Waals surface area (Å²) in [6.45, 7) is 8.96. The van der Waals surface area contributed by atoms with E-state index in [-0.39, 0.29) is 28.3 Å². The number of phenolic OH excluding ortho intramolecular Hbond substituents is 2. The first kappa shape index (κ1) is 43.1. The molecule has 11 nitrogen and oxygen atoms in total. The lowest BCUT2D eigenvalue weighted by Gasteiger charge is -2.39. The number of ketones is 1. The summed E-state index contributed by atoms with van der Waals surface area (Å²) in [5, 5.41) is 32.5. The molecule has 336 valence electrons. The molecule has 0 aliphatic carbocycles. The molecule has 2 aliphatic rings. The number of H-pyrrole nitrogens is 1. The number of benzene rings is 5.